The number of aliphatic hydroxyl groups is 1. The molecule has 0 aliphatic heterocycles. The lowest BCUT2D eigenvalue weighted by Gasteiger charge is -2.21. The Morgan fingerprint density at radius 3 is 2.76 bits per heavy atom. The van der Waals surface area contributed by atoms with Gasteiger partial charge in [0, 0.05) is 29.3 Å². The molecule has 12 nitrogen and oxygen atoms in total. The zero-order chi connectivity index (χ0) is 29.2. The van der Waals surface area contributed by atoms with Gasteiger partial charge in [0.1, 0.15) is 5.56 Å². The molecule has 0 unspecified atom stereocenters. The van der Waals surface area contributed by atoms with Crippen LogP contribution in [-0.4, -0.2) is 51.8 Å². The van der Waals surface area contributed by atoms with Gasteiger partial charge in [-0.15, -0.1) is 10.2 Å². The minimum absolute atomic E-state index is 0.0528. The van der Waals surface area contributed by atoms with Crippen LogP contribution in [0.2, 0.25) is 0 Å². The van der Waals surface area contributed by atoms with E-state index in [1.54, 1.807) is 42.2 Å². The smallest absolute Gasteiger partial charge is 0.264 e. The van der Waals surface area contributed by atoms with Gasteiger partial charge < -0.3 is 16.2 Å². The van der Waals surface area contributed by atoms with Crippen LogP contribution in [0.5, 0.6) is 0 Å². The summed E-state index contributed by atoms with van der Waals surface area (Å²) in [7, 11) is 0. The van der Waals surface area contributed by atoms with Crippen LogP contribution in [0.3, 0.4) is 0 Å². The number of carbonyl (C=O) groups is 1. The van der Waals surface area contributed by atoms with Gasteiger partial charge in [0.05, 0.1) is 30.8 Å². The number of hydrogen-bond acceptors (Lipinski definition) is 8. The summed E-state index contributed by atoms with van der Waals surface area (Å²) in [5.41, 5.74) is 8.40. The summed E-state index contributed by atoms with van der Waals surface area (Å²) in [4.78, 5) is 31.9. The number of fused-ring (bicyclic) bond motifs is 2. The number of nitrogens with one attached hydrogen (secondary N) is 1. The molecule has 0 radical (unpaired) electrons. The fourth-order valence-corrected chi connectivity index (χ4v) is 4.81. The van der Waals surface area contributed by atoms with Gasteiger partial charge in [0.2, 0.25) is 0 Å². The maximum absolute atomic E-state index is 14.2. The lowest BCUT2D eigenvalue weighted by molar-refractivity contribution is 0.0941. The molecule has 42 heavy (non-hydrogen) atoms. The average molecular weight is 560 g/mol. The van der Waals surface area contributed by atoms with E-state index in [0.717, 1.165) is 0 Å². The van der Waals surface area contributed by atoms with Crippen molar-refractivity contribution in [1.82, 2.24) is 39.5 Å². The number of nitrogens with zero attached hydrogens (tertiary/aromatic N) is 7. The highest BCUT2D eigenvalue weighted by molar-refractivity contribution is 6.04. The molecule has 0 aliphatic carbocycles. The standard InChI is InChI=1S/C30H25N9O3/c1-19(33-29(41)26-27(31)35-38-14-6-13-32-28(26)38)24-17-21-8-5-7-20(11-12-22-18-37(15-16-40)36-34-22)25(21)30(42)39(24)23-9-3-2-4-10-23/h2-10,13-14,17-19,40H,15-16H2,1H3,(H2,31,35)(H,33,41)/t19-/m0/s1. The number of nitrogen functional groups attached to an aromatic ring is 1. The molecule has 0 saturated heterocycles. The third-order valence-electron chi connectivity index (χ3n) is 6.72. The minimum atomic E-state index is -0.607. The van der Waals surface area contributed by atoms with E-state index >= 15 is 0 Å². The first kappa shape index (κ1) is 26.4. The Morgan fingerprint density at radius 1 is 1.12 bits per heavy atom. The van der Waals surface area contributed by atoms with Crippen LogP contribution < -0.4 is 16.6 Å². The second kappa shape index (κ2) is 11.0. The molecule has 0 spiro atoms. The van der Waals surface area contributed by atoms with Crippen molar-refractivity contribution >= 4 is 28.1 Å². The number of amides is 1. The molecule has 2 aromatic carbocycles. The molecule has 4 N–H and O–H groups in total. The van der Waals surface area contributed by atoms with Crippen molar-refractivity contribution in [3.8, 4) is 17.5 Å². The Kier molecular flexibility index (Phi) is 6.92. The van der Waals surface area contributed by atoms with Gasteiger partial charge in [-0.3, -0.25) is 14.2 Å². The maximum atomic E-state index is 14.2. The Balaban J connectivity index is 1.45. The molecule has 6 rings (SSSR count). The van der Waals surface area contributed by atoms with E-state index in [9.17, 15) is 9.59 Å². The van der Waals surface area contributed by atoms with Crippen LogP contribution in [0.25, 0.3) is 22.1 Å². The van der Waals surface area contributed by atoms with E-state index in [2.05, 4.69) is 37.6 Å². The maximum Gasteiger partial charge on any atom is 0.264 e. The Hall–Kier alpha value is -5.80. The molecule has 0 saturated carbocycles. The van der Waals surface area contributed by atoms with Crippen LogP contribution in [0.1, 0.15) is 40.3 Å². The van der Waals surface area contributed by atoms with Crippen molar-refractivity contribution in [2.45, 2.75) is 19.5 Å². The zero-order valence-corrected chi connectivity index (χ0v) is 22.5. The predicted octanol–water partition coefficient (Wildman–Crippen LogP) is 2.09. The van der Waals surface area contributed by atoms with Gasteiger partial charge >= 0.3 is 0 Å². The molecule has 0 fully saturated rings. The van der Waals surface area contributed by atoms with Gasteiger partial charge in [-0.05, 0) is 48.6 Å². The van der Waals surface area contributed by atoms with E-state index in [4.69, 9.17) is 10.8 Å². The van der Waals surface area contributed by atoms with E-state index in [-0.39, 0.29) is 23.5 Å². The van der Waals surface area contributed by atoms with Crippen molar-refractivity contribution in [3.05, 3.63) is 112 Å². The largest absolute Gasteiger partial charge is 0.394 e. The highest BCUT2D eigenvalue weighted by Crippen LogP contribution is 2.24. The Labute approximate surface area is 239 Å². The first-order chi connectivity index (χ1) is 20.4. The summed E-state index contributed by atoms with van der Waals surface area (Å²) >= 11 is 0. The van der Waals surface area contributed by atoms with Gasteiger partial charge in [-0.1, -0.05) is 41.5 Å². The fraction of sp³-hybridized carbons (Fsp3) is 0.133. The lowest BCUT2D eigenvalue weighted by atomic mass is 10.0. The quantitative estimate of drug-likeness (QED) is 0.262. The van der Waals surface area contributed by atoms with Crippen molar-refractivity contribution in [1.29, 1.82) is 0 Å². The average Bonchev–Trinajstić information content (AvgIpc) is 3.59. The van der Waals surface area contributed by atoms with Crippen LogP contribution in [0.4, 0.5) is 5.82 Å². The highest BCUT2D eigenvalue weighted by atomic mass is 16.3. The number of aliphatic hydroxyl groups excluding tert-OH is 1. The van der Waals surface area contributed by atoms with Gasteiger partial charge in [-0.2, -0.15) is 0 Å². The molecular formula is C30H25N9O3. The summed E-state index contributed by atoms with van der Waals surface area (Å²) in [6, 6.07) is 17.6. The number of aromatic nitrogens is 7. The Bertz CT molecular complexity index is 2070. The number of para-hydroxylation sites is 1. The molecule has 0 bridgehead atoms. The Morgan fingerprint density at radius 2 is 1.95 bits per heavy atom. The van der Waals surface area contributed by atoms with Crippen LogP contribution >= 0.6 is 0 Å². The second-order valence-corrected chi connectivity index (χ2v) is 9.50. The molecule has 1 amide bonds. The third kappa shape index (κ3) is 4.85. The van der Waals surface area contributed by atoms with Gasteiger partial charge in [0.25, 0.3) is 11.5 Å². The number of benzene rings is 2. The third-order valence-corrected chi connectivity index (χ3v) is 6.72. The van der Waals surface area contributed by atoms with Crippen LogP contribution in [-0.2, 0) is 6.54 Å². The van der Waals surface area contributed by atoms with Crippen molar-refractivity contribution in [2.24, 2.45) is 0 Å². The molecule has 208 valence electrons. The number of hydrogen-bond donors (Lipinski definition) is 3. The predicted molar refractivity (Wildman–Crippen MR) is 156 cm³/mol. The van der Waals surface area contributed by atoms with Crippen molar-refractivity contribution in [2.75, 3.05) is 12.3 Å². The topological polar surface area (TPSA) is 158 Å². The summed E-state index contributed by atoms with van der Waals surface area (Å²) < 4.78 is 4.52. The lowest BCUT2D eigenvalue weighted by Crippen LogP contribution is -2.32. The number of nitrogens with two attached hydrogens (primary N) is 1. The molecule has 4 heterocycles. The first-order valence-corrected chi connectivity index (χ1v) is 13.1. The molecule has 4 aromatic heterocycles. The van der Waals surface area contributed by atoms with Crippen molar-refractivity contribution in [3.63, 3.8) is 0 Å². The monoisotopic (exact) mass is 559 g/mol. The zero-order valence-electron chi connectivity index (χ0n) is 22.5. The number of rotatable bonds is 6. The highest BCUT2D eigenvalue weighted by Gasteiger charge is 2.24. The van der Waals surface area contributed by atoms with Crippen LogP contribution in [0.15, 0.2) is 84.0 Å². The van der Waals surface area contributed by atoms with E-state index in [1.165, 1.54) is 9.20 Å². The molecule has 6 aromatic rings. The van der Waals surface area contributed by atoms with E-state index in [0.29, 0.717) is 45.6 Å². The van der Waals surface area contributed by atoms with E-state index in [1.807, 2.05) is 48.5 Å². The summed E-state index contributed by atoms with van der Waals surface area (Å²) in [5, 5.41) is 25.3. The van der Waals surface area contributed by atoms with Gasteiger partial charge in [-0.25, -0.2) is 14.2 Å². The number of pyridine rings is 1. The first-order valence-electron chi connectivity index (χ1n) is 13.1. The number of anilines is 1. The SMILES string of the molecule is C[C@H](NC(=O)c1c(N)nn2cccnc12)c1cc2cccc(C#Cc3cn(CCO)nn3)c2c(=O)n1-c1ccccc1. The summed E-state index contributed by atoms with van der Waals surface area (Å²) in [6.45, 7) is 2.04. The van der Waals surface area contributed by atoms with Gasteiger partial charge in [0.15, 0.2) is 17.2 Å². The summed E-state index contributed by atoms with van der Waals surface area (Å²) in [5.74, 6) is 5.61. The number of carbonyl (C=O) groups excluding carboxylic acids is 1. The normalized spacial score (nSPS) is 11.8. The minimum Gasteiger partial charge on any atom is -0.394 e. The summed E-state index contributed by atoms with van der Waals surface area (Å²) in [6.07, 6.45) is 4.85. The molecule has 1 atom stereocenters. The molecule has 0 aliphatic rings. The van der Waals surface area contributed by atoms with E-state index < -0.39 is 11.9 Å². The van der Waals surface area contributed by atoms with Crippen molar-refractivity contribution < 1.29 is 9.90 Å². The second-order valence-electron chi connectivity index (χ2n) is 9.50. The molecular weight excluding hydrogens is 534 g/mol. The fourth-order valence-electron chi connectivity index (χ4n) is 4.81. The molecule has 12 heteroatoms. The van der Waals surface area contributed by atoms with Crippen LogP contribution in [0, 0.1) is 11.8 Å².